The first-order chi connectivity index (χ1) is 35.2. The molecule has 1 aliphatic carbocycles. The average molecular weight is 1070 g/mol. The van der Waals surface area contributed by atoms with E-state index in [1.54, 1.807) is 55.5 Å². The van der Waals surface area contributed by atoms with Crippen molar-refractivity contribution in [3.63, 3.8) is 0 Å². The Morgan fingerprint density at radius 2 is 0.974 bits per heavy atom. The third kappa shape index (κ3) is 13.9. The average Bonchev–Trinajstić information content (AvgIpc) is 3.89. The smallest absolute Gasteiger partial charge is 0.872 e. The molecule has 7 aromatic rings. The van der Waals surface area contributed by atoms with Crippen LogP contribution in [0.2, 0.25) is 0 Å². The van der Waals surface area contributed by atoms with Gasteiger partial charge in [0.25, 0.3) is 29.3 Å². The first kappa shape index (κ1) is 64.7. The number of hydrogen-bond donors (Lipinski definition) is 2. The van der Waals surface area contributed by atoms with Crippen LogP contribution < -0.4 is 84.7 Å². The largest absolute Gasteiger partial charge is 1.00 e. The zero-order valence-corrected chi connectivity index (χ0v) is 47.5. The van der Waals surface area contributed by atoms with E-state index in [1.165, 1.54) is 24.7 Å². The third-order valence-corrected chi connectivity index (χ3v) is 12.7. The van der Waals surface area contributed by atoms with Gasteiger partial charge in [-0.2, -0.15) is 30.3 Å². The molecule has 16 nitrogen and oxygen atoms in total. The second-order valence-corrected chi connectivity index (χ2v) is 18.2. The number of rotatable bonds is 9. The minimum atomic E-state index is -1.14. The maximum atomic E-state index is 12.3. The monoisotopic (exact) mass is 1070 g/mol. The number of fused-ring (bicyclic) bond motifs is 3. The standard InChI is InChI=1S/C33H26N2O6.C15H15O.C8H4N2O4.C3H4.CH4.2Na.H2O/c1-33(2,18-4-8-20(9-5-18)40-22-12-14-24-26(16-22)30(37)28(34)29(24)36)19-6-10-21(11-7-19)41-23-13-15-25-27(17-23)32(39)35(3)31(25)38;1-15(2,12-6-4-3-5-7-12)13-8-10-14(16)11-9-13;11-7-5-2-1-4(10(13)14)3-6(5)8(12)9-7;1-3-2;;;;/h4-17,28H,34H2,1-3H3;4-11,16H,1-2H3;1-3H,(H,9,11,12);1H,2H3;1H4;;;1H2/q;-1;;;;2*+1;/p-2. The van der Waals surface area contributed by atoms with E-state index in [0.29, 0.717) is 39.7 Å². The van der Waals surface area contributed by atoms with E-state index in [2.05, 4.69) is 58.2 Å². The number of nitro groups is 1. The van der Waals surface area contributed by atoms with Gasteiger partial charge in [-0.1, -0.05) is 83.7 Å². The summed E-state index contributed by atoms with van der Waals surface area (Å²) in [6.45, 7) is 10.2. The molecule has 0 aromatic heterocycles. The Kier molecular flexibility index (Phi) is 22.5. The number of nitrogens with two attached hydrogens (primary N) is 1. The normalized spacial score (nSPS) is 13.4. The fourth-order valence-corrected chi connectivity index (χ4v) is 8.29. The molecule has 2 heterocycles. The first-order valence-electron chi connectivity index (χ1n) is 22.9. The summed E-state index contributed by atoms with van der Waals surface area (Å²) in [5, 5.41) is 23.5. The Labute approximate surface area is 496 Å². The summed E-state index contributed by atoms with van der Waals surface area (Å²) in [5.41, 5.74) is 11.1. The molecule has 4 N–H and O–H groups in total. The molecule has 18 heteroatoms. The summed E-state index contributed by atoms with van der Waals surface area (Å²) in [6, 6.07) is 45.5. The molecule has 0 saturated heterocycles. The Morgan fingerprint density at radius 3 is 1.46 bits per heavy atom. The van der Waals surface area contributed by atoms with Crippen LogP contribution in [-0.4, -0.2) is 63.6 Å². The Bertz CT molecular complexity index is 3280. The van der Waals surface area contributed by atoms with E-state index >= 15 is 0 Å². The molecule has 10 rings (SSSR count). The van der Waals surface area contributed by atoms with Crippen LogP contribution in [0, 0.1) is 28.5 Å². The summed E-state index contributed by atoms with van der Waals surface area (Å²) in [7, 11) is 1.46. The molecule has 7 aromatic carbocycles. The maximum Gasteiger partial charge on any atom is 1.00 e. The topological polar surface area (TPSA) is 258 Å². The molecule has 4 amide bonds. The minimum absolute atomic E-state index is 0. The fourth-order valence-electron chi connectivity index (χ4n) is 8.29. The van der Waals surface area contributed by atoms with E-state index in [-0.39, 0.29) is 129 Å². The van der Waals surface area contributed by atoms with Gasteiger partial charge in [-0.3, -0.25) is 49.1 Å². The van der Waals surface area contributed by atoms with Gasteiger partial charge in [-0.15, -0.1) is 23.7 Å². The number of nitrogens with zero attached hydrogens (tertiary/aromatic N) is 2. The number of terminal acetylenes is 1. The van der Waals surface area contributed by atoms with Gasteiger partial charge in [0.2, 0.25) is 0 Å². The van der Waals surface area contributed by atoms with E-state index in [0.717, 1.165) is 27.7 Å². The molecule has 0 bridgehead atoms. The van der Waals surface area contributed by atoms with Gasteiger partial charge >= 0.3 is 59.1 Å². The molecule has 78 heavy (non-hydrogen) atoms. The molecule has 0 fully saturated rings. The van der Waals surface area contributed by atoms with Crippen LogP contribution in [0.15, 0.2) is 152 Å². The number of Topliss-reactive ketones (excluding diaryl/α,β-unsaturated/α-hetero) is 2. The van der Waals surface area contributed by atoms with Crippen molar-refractivity contribution in [1.29, 1.82) is 0 Å². The second-order valence-electron chi connectivity index (χ2n) is 18.2. The molecular formula is C60H53N4Na2O12-. The number of non-ortho nitro benzene ring substituents is 1. The van der Waals surface area contributed by atoms with Crippen LogP contribution in [0.4, 0.5) is 5.69 Å². The zero-order chi connectivity index (χ0) is 53.6. The molecule has 0 radical (unpaired) electrons. The van der Waals surface area contributed by atoms with Crippen LogP contribution in [-0.2, 0) is 10.8 Å². The van der Waals surface area contributed by atoms with Gasteiger partial charge in [-0.25, -0.2) is 0 Å². The number of nitrogens with one attached hydrogen (secondary N) is 1. The number of ether oxygens (including phenoxy) is 2. The van der Waals surface area contributed by atoms with Crippen molar-refractivity contribution in [3.8, 4) is 41.1 Å². The summed E-state index contributed by atoms with van der Waals surface area (Å²) in [6.07, 6.45) is 4.60. The Balaban J connectivity index is 0.000000356. The number of hydrogen-bond acceptors (Lipinski definition) is 13. The number of amides is 4. The molecule has 0 saturated carbocycles. The van der Waals surface area contributed by atoms with Crippen molar-refractivity contribution in [1.82, 2.24) is 10.2 Å². The second kappa shape index (κ2) is 27.2. The first-order valence-corrected chi connectivity index (χ1v) is 22.9. The van der Waals surface area contributed by atoms with Gasteiger partial charge in [0.05, 0.1) is 27.2 Å². The summed E-state index contributed by atoms with van der Waals surface area (Å²) < 4.78 is 11.9. The number of ketones is 2. The molecule has 388 valence electrons. The van der Waals surface area contributed by atoms with Gasteiger partial charge in [0.1, 0.15) is 29.0 Å². The van der Waals surface area contributed by atoms with Gasteiger partial charge < -0.3 is 25.8 Å². The van der Waals surface area contributed by atoms with Crippen LogP contribution in [0.1, 0.15) is 126 Å². The van der Waals surface area contributed by atoms with Crippen molar-refractivity contribution < 1.29 is 113 Å². The SMILES string of the molecule is C.C#CC.CC(C)(c1cc[c-]cc1)c1ccc([O-])cc1.CN1C(=O)c2ccc(Oc3ccc(C(C)(C)c4ccc(Oc5ccc6c(c5)C(=O)C(N)C6=O)cc4)cc3)cc2C1=O.O=C1NC(=O)c2cc([N+](=O)[O-])ccc21.[Na+].[Na+].[OH-]. The summed E-state index contributed by atoms with van der Waals surface area (Å²) >= 11 is 0. The predicted molar refractivity (Wildman–Crippen MR) is 282 cm³/mol. The number of imide groups is 2. The van der Waals surface area contributed by atoms with Crippen LogP contribution in [0.3, 0.4) is 0 Å². The van der Waals surface area contributed by atoms with Crippen LogP contribution in [0.25, 0.3) is 0 Å². The van der Waals surface area contributed by atoms with E-state index in [9.17, 15) is 44.0 Å². The molecule has 2 aliphatic heterocycles. The van der Waals surface area contributed by atoms with Gasteiger partial charge in [-0.05, 0) is 95.8 Å². The molecular weight excluding hydrogens is 1010 g/mol. The summed E-state index contributed by atoms with van der Waals surface area (Å²) in [5.74, 6) is 1.91. The maximum absolute atomic E-state index is 12.3. The van der Waals surface area contributed by atoms with E-state index in [4.69, 9.17) is 15.2 Å². The van der Waals surface area contributed by atoms with E-state index in [1.807, 2.05) is 78.1 Å². The number of nitro benzene ring substituents is 1. The Morgan fingerprint density at radius 1 is 0.590 bits per heavy atom. The predicted octanol–water partition coefficient (Wildman–Crippen LogP) is 4.00. The van der Waals surface area contributed by atoms with Crippen molar-refractivity contribution in [2.24, 2.45) is 5.73 Å². The Hall–Kier alpha value is -7.56. The minimum Gasteiger partial charge on any atom is -0.872 e. The summed E-state index contributed by atoms with van der Waals surface area (Å²) in [4.78, 5) is 81.8. The third-order valence-electron chi connectivity index (χ3n) is 12.7. The molecule has 1 atom stereocenters. The number of benzene rings is 7. The quantitative estimate of drug-likeness (QED) is 0.0395. The zero-order valence-electron chi connectivity index (χ0n) is 43.5. The van der Waals surface area contributed by atoms with E-state index < -0.39 is 28.6 Å². The molecule has 3 aliphatic rings. The van der Waals surface area contributed by atoms with Gasteiger partial charge in [0, 0.05) is 35.7 Å². The van der Waals surface area contributed by atoms with Crippen molar-refractivity contribution in [3.05, 3.63) is 223 Å². The van der Waals surface area contributed by atoms with Crippen LogP contribution >= 0.6 is 0 Å². The fraction of sp³-hybridized carbons (Fsp3) is 0.167. The number of carbonyl (C=O) groups is 6. The molecule has 0 spiro atoms. The van der Waals surface area contributed by atoms with Crippen LogP contribution in [0.5, 0.6) is 28.7 Å². The van der Waals surface area contributed by atoms with Crippen molar-refractivity contribution in [2.45, 2.75) is 58.9 Å². The number of carbonyl (C=O) groups excluding carboxylic acids is 6. The van der Waals surface area contributed by atoms with Gasteiger partial charge in [0.15, 0.2) is 11.6 Å². The molecule has 1 unspecified atom stereocenters. The van der Waals surface area contributed by atoms with Crippen molar-refractivity contribution >= 4 is 40.9 Å². The van der Waals surface area contributed by atoms with Crippen molar-refractivity contribution in [2.75, 3.05) is 7.05 Å².